The lowest BCUT2D eigenvalue weighted by atomic mass is 9.85. The second-order valence-corrected chi connectivity index (χ2v) is 10.6. The van der Waals surface area contributed by atoms with Crippen molar-refractivity contribution in [1.82, 2.24) is 9.88 Å². The summed E-state index contributed by atoms with van der Waals surface area (Å²) in [5.74, 6) is 0.663. The highest BCUT2D eigenvalue weighted by molar-refractivity contribution is 8.05. The van der Waals surface area contributed by atoms with Crippen LogP contribution < -0.4 is 5.32 Å². The molecule has 0 radical (unpaired) electrons. The smallest absolute Gasteiger partial charge is 0.262 e. The van der Waals surface area contributed by atoms with Gasteiger partial charge in [-0.2, -0.15) is 0 Å². The van der Waals surface area contributed by atoms with Gasteiger partial charge in [-0.1, -0.05) is 74.0 Å². The molecule has 5 heteroatoms. The molecule has 1 saturated heterocycles. The van der Waals surface area contributed by atoms with Gasteiger partial charge >= 0.3 is 0 Å². The fourth-order valence-corrected chi connectivity index (χ4v) is 6.69. The molecule has 172 valence electrons. The Balaban J connectivity index is 1.36. The van der Waals surface area contributed by atoms with E-state index in [9.17, 15) is 4.79 Å². The number of carbonyl (C=O) groups excluding carboxylic acids is 1. The second-order valence-electron chi connectivity index (χ2n) is 9.51. The van der Waals surface area contributed by atoms with E-state index in [-0.39, 0.29) is 17.4 Å². The fraction of sp³-hybridized carbons (Fsp3) is 0.276. The first-order valence-electron chi connectivity index (χ1n) is 12.2. The predicted octanol–water partition coefficient (Wildman–Crippen LogP) is 7.21. The largest absolute Gasteiger partial charge is 0.356 e. The third-order valence-corrected chi connectivity index (χ3v) is 8.37. The number of benzene rings is 3. The number of rotatable bonds is 4. The van der Waals surface area contributed by atoms with Crippen molar-refractivity contribution in [1.29, 1.82) is 0 Å². The molecule has 1 aliphatic heterocycles. The van der Waals surface area contributed by atoms with E-state index in [1.54, 1.807) is 11.8 Å². The number of aromatic amines is 1. The average molecular weight is 468 g/mol. The van der Waals surface area contributed by atoms with Crippen LogP contribution in [0.4, 0.5) is 5.69 Å². The summed E-state index contributed by atoms with van der Waals surface area (Å²) in [4.78, 5) is 20.2. The van der Waals surface area contributed by atoms with E-state index in [4.69, 9.17) is 0 Å². The van der Waals surface area contributed by atoms with Crippen LogP contribution in [0, 0.1) is 5.92 Å². The first kappa shape index (κ1) is 21.4. The molecule has 3 atom stereocenters. The van der Waals surface area contributed by atoms with E-state index in [1.165, 1.54) is 30.0 Å². The van der Waals surface area contributed by atoms with Crippen molar-refractivity contribution in [2.24, 2.45) is 5.92 Å². The third-order valence-electron chi connectivity index (χ3n) is 7.25. The van der Waals surface area contributed by atoms with Gasteiger partial charge in [0.15, 0.2) is 5.50 Å². The van der Waals surface area contributed by atoms with Gasteiger partial charge in [0.05, 0.1) is 4.91 Å². The zero-order chi connectivity index (χ0) is 23.1. The van der Waals surface area contributed by atoms with Crippen molar-refractivity contribution in [3.05, 3.63) is 83.3 Å². The molecule has 3 aromatic carbocycles. The van der Waals surface area contributed by atoms with Crippen molar-refractivity contribution in [2.75, 3.05) is 5.32 Å². The Kier molecular flexibility index (Phi) is 5.58. The van der Waals surface area contributed by atoms with Crippen molar-refractivity contribution in [3.63, 3.8) is 0 Å². The lowest BCUT2D eigenvalue weighted by Crippen LogP contribution is -2.48. The lowest BCUT2D eigenvalue weighted by molar-refractivity contribution is -0.129. The highest BCUT2D eigenvalue weighted by Crippen LogP contribution is 2.42. The molecule has 0 spiro atoms. The van der Waals surface area contributed by atoms with E-state index in [0.717, 1.165) is 33.6 Å². The zero-order valence-electron chi connectivity index (χ0n) is 19.3. The first-order chi connectivity index (χ1) is 16.7. The van der Waals surface area contributed by atoms with Gasteiger partial charge in [-0.3, -0.25) is 4.79 Å². The predicted molar refractivity (Wildman–Crippen MR) is 143 cm³/mol. The molecule has 1 aromatic heterocycles. The van der Waals surface area contributed by atoms with Crippen LogP contribution in [-0.2, 0) is 4.79 Å². The maximum absolute atomic E-state index is 13.8. The molecular weight excluding hydrogens is 438 g/mol. The second kappa shape index (κ2) is 8.88. The van der Waals surface area contributed by atoms with E-state index in [1.807, 2.05) is 18.2 Å². The molecular formula is C29H29N3OS. The summed E-state index contributed by atoms with van der Waals surface area (Å²) in [7, 11) is 0. The summed E-state index contributed by atoms with van der Waals surface area (Å²) in [6, 6.07) is 25.3. The minimum Gasteiger partial charge on any atom is -0.356 e. The highest BCUT2D eigenvalue weighted by atomic mass is 32.2. The number of amides is 1. The molecule has 2 heterocycles. The summed E-state index contributed by atoms with van der Waals surface area (Å²) in [5.41, 5.74) is 4.27. The number of thioether (sulfide) groups is 1. The van der Waals surface area contributed by atoms with E-state index < -0.39 is 0 Å². The van der Waals surface area contributed by atoms with Gasteiger partial charge in [0.25, 0.3) is 5.91 Å². The van der Waals surface area contributed by atoms with Crippen LogP contribution >= 0.6 is 11.8 Å². The molecule has 34 heavy (non-hydrogen) atoms. The van der Waals surface area contributed by atoms with Gasteiger partial charge in [-0.25, -0.2) is 0 Å². The molecule has 1 saturated carbocycles. The highest BCUT2D eigenvalue weighted by Gasteiger charge is 2.42. The number of nitrogens with zero attached hydrogens (tertiary/aromatic N) is 1. The average Bonchev–Trinajstić information content (AvgIpc) is 3.37. The molecule has 1 aliphatic carbocycles. The molecule has 2 aliphatic rings. The van der Waals surface area contributed by atoms with Crippen molar-refractivity contribution in [2.45, 2.75) is 44.1 Å². The number of anilines is 1. The minimum atomic E-state index is -0.0940. The molecule has 2 N–H and O–H groups in total. The summed E-state index contributed by atoms with van der Waals surface area (Å²) in [5, 5.41) is 6.03. The number of hydrogen-bond donors (Lipinski definition) is 2. The van der Waals surface area contributed by atoms with Crippen molar-refractivity contribution in [3.8, 4) is 0 Å². The van der Waals surface area contributed by atoms with Crippen LogP contribution in [0.2, 0.25) is 0 Å². The van der Waals surface area contributed by atoms with Crippen LogP contribution in [0.25, 0.3) is 27.9 Å². The third kappa shape index (κ3) is 3.88. The number of fused-ring (bicyclic) bond motifs is 3. The van der Waals surface area contributed by atoms with Crippen molar-refractivity contribution >= 4 is 51.2 Å². The number of carbonyl (C=O) groups is 1. The normalized spacial score (nSPS) is 24.4. The molecule has 2 fully saturated rings. The first-order valence-corrected chi connectivity index (χ1v) is 13.1. The molecule has 0 bridgehead atoms. The Morgan fingerprint density at radius 2 is 1.71 bits per heavy atom. The minimum absolute atomic E-state index is 0.0940. The Labute approximate surface area is 204 Å². The molecule has 1 unspecified atom stereocenters. The molecule has 6 rings (SSSR count). The quantitative estimate of drug-likeness (QED) is 0.312. The molecule has 1 amide bonds. The van der Waals surface area contributed by atoms with Crippen LogP contribution in [0.15, 0.2) is 77.7 Å². The van der Waals surface area contributed by atoms with Gasteiger partial charge in [0, 0.05) is 33.5 Å². The van der Waals surface area contributed by atoms with Crippen molar-refractivity contribution < 1.29 is 4.79 Å². The fourth-order valence-electron chi connectivity index (χ4n) is 5.47. The van der Waals surface area contributed by atoms with Crippen LogP contribution in [0.5, 0.6) is 0 Å². The summed E-state index contributed by atoms with van der Waals surface area (Å²) < 4.78 is 0. The van der Waals surface area contributed by atoms with Crippen LogP contribution in [-0.4, -0.2) is 27.3 Å². The zero-order valence-corrected chi connectivity index (χ0v) is 20.1. The molecule has 4 nitrogen and oxygen atoms in total. The number of nitrogens with one attached hydrogen (secondary N) is 2. The summed E-state index contributed by atoms with van der Waals surface area (Å²) in [6.45, 7) is 2.30. The number of hydrogen-bond acceptors (Lipinski definition) is 3. The van der Waals surface area contributed by atoms with E-state index in [2.05, 4.69) is 82.8 Å². The molecule has 4 aromatic rings. The Morgan fingerprint density at radius 1 is 0.941 bits per heavy atom. The number of H-pyrrole nitrogens is 1. The summed E-state index contributed by atoms with van der Waals surface area (Å²) in [6.07, 6.45) is 6.79. The van der Waals surface area contributed by atoms with Gasteiger partial charge in [0.1, 0.15) is 0 Å². The Hall–Kier alpha value is -3.18. The topological polar surface area (TPSA) is 48.1 Å². The van der Waals surface area contributed by atoms with Crippen LogP contribution in [0.1, 0.15) is 38.2 Å². The SMILES string of the molecule is C[C@@H]1CCCC[C@H]1N1C(=O)/C(=C/c2ccc3[nH]c4ccccc4c3c2)SC1Nc1ccccc1. The summed E-state index contributed by atoms with van der Waals surface area (Å²) >= 11 is 1.64. The Bertz CT molecular complexity index is 1380. The van der Waals surface area contributed by atoms with Gasteiger partial charge in [0.2, 0.25) is 0 Å². The van der Waals surface area contributed by atoms with Gasteiger partial charge in [-0.15, -0.1) is 0 Å². The number of aromatic nitrogens is 1. The van der Waals surface area contributed by atoms with Gasteiger partial charge < -0.3 is 15.2 Å². The van der Waals surface area contributed by atoms with Crippen LogP contribution in [0.3, 0.4) is 0 Å². The standard InChI is InChI=1S/C29H29N3OS/c1-19-9-5-8-14-26(19)32-28(33)27(34-29(32)30-21-10-3-2-4-11-21)18-20-15-16-25-23(17-20)22-12-6-7-13-24(22)31-25/h2-4,6-7,10-13,15-19,26,29-31H,5,8-9,14H2,1H3/b27-18-/t19-,26-,29?/m1/s1. The lowest BCUT2D eigenvalue weighted by Gasteiger charge is -2.39. The monoisotopic (exact) mass is 467 g/mol. The van der Waals surface area contributed by atoms with E-state index >= 15 is 0 Å². The Morgan fingerprint density at radius 3 is 2.56 bits per heavy atom. The van der Waals surface area contributed by atoms with E-state index in [0.29, 0.717) is 5.92 Å². The maximum Gasteiger partial charge on any atom is 0.262 e. The number of para-hydroxylation sites is 2. The maximum atomic E-state index is 13.8. The van der Waals surface area contributed by atoms with Gasteiger partial charge in [-0.05, 0) is 60.7 Å².